The van der Waals surface area contributed by atoms with Gasteiger partial charge in [-0.25, -0.2) is 13.2 Å². The molecule has 0 aromatic carbocycles. The lowest BCUT2D eigenvalue weighted by atomic mass is 9.82. The molecule has 2 aliphatic rings. The van der Waals surface area contributed by atoms with Gasteiger partial charge in [0.05, 0.1) is 16.4 Å². The molecule has 0 bridgehead atoms. The van der Waals surface area contributed by atoms with E-state index in [9.17, 15) is 23.1 Å². The molecule has 2 unspecified atom stereocenters. The summed E-state index contributed by atoms with van der Waals surface area (Å²) in [6.07, 6.45) is 2.40. The van der Waals surface area contributed by atoms with Crippen molar-refractivity contribution in [1.82, 2.24) is 10.2 Å². The molecule has 2 saturated heterocycles. The minimum Gasteiger partial charge on any atom is -0.481 e. The Balaban J connectivity index is 1.90. The fraction of sp³-hybridized carbons (Fsp3) is 0.846. The largest absolute Gasteiger partial charge is 0.481 e. The van der Waals surface area contributed by atoms with Crippen molar-refractivity contribution in [2.75, 3.05) is 25.4 Å². The molecule has 0 spiro atoms. The van der Waals surface area contributed by atoms with Gasteiger partial charge in [-0.3, -0.25) is 4.79 Å². The summed E-state index contributed by atoms with van der Waals surface area (Å²) in [6.45, 7) is 2.41. The molecule has 0 radical (unpaired) electrons. The molecule has 21 heavy (non-hydrogen) atoms. The van der Waals surface area contributed by atoms with Crippen LogP contribution in [0.2, 0.25) is 0 Å². The number of piperidine rings is 1. The number of carboxylic acid groups (broad SMARTS) is 1. The Bertz CT molecular complexity index is 533. The summed E-state index contributed by atoms with van der Waals surface area (Å²) in [5.41, 5.74) is -0.922. The maximum atomic E-state index is 12.1. The van der Waals surface area contributed by atoms with Crippen LogP contribution in [0.15, 0.2) is 0 Å². The van der Waals surface area contributed by atoms with E-state index in [2.05, 4.69) is 5.32 Å². The highest BCUT2D eigenvalue weighted by atomic mass is 32.2. The number of amides is 2. The number of hydrogen-bond acceptors (Lipinski definition) is 4. The van der Waals surface area contributed by atoms with E-state index in [0.29, 0.717) is 32.2 Å². The highest BCUT2D eigenvalue weighted by Gasteiger charge is 2.39. The smallest absolute Gasteiger partial charge is 0.317 e. The zero-order chi connectivity index (χ0) is 15.7. The van der Waals surface area contributed by atoms with Crippen LogP contribution in [-0.4, -0.2) is 61.1 Å². The van der Waals surface area contributed by atoms with E-state index < -0.39 is 26.5 Å². The molecule has 0 aromatic rings. The van der Waals surface area contributed by atoms with Gasteiger partial charge in [0.2, 0.25) is 0 Å². The number of urea groups is 1. The SMILES string of the molecule is CC1(C(=O)O)CCCN(C(=O)NCC2CCCS2(=O)=O)C1. The Morgan fingerprint density at radius 1 is 1.38 bits per heavy atom. The number of hydrogen-bond donors (Lipinski definition) is 2. The first kappa shape index (κ1) is 16.1. The van der Waals surface area contributed by atoms with Crippen LogP contribution in [0.25, 0.3) is 0 Å². The second-order valence-electron chi connectivity index (χ2n) is 6.21. The summed E-state index contributed by atoms with van der Waals surface area (Å²) in [7, 11) is -3.08. The Kier molecular flexibility index (Phi) is 4.46. The number of carbonyl (C=O) groups is 2. The van der Waals surface area contributed by atoms with Crippen LogP contribution >= 0.6 is 0 Å². The molecule has 2 atom stereocenters. The van der Waals surface area contributed by atoms with Crippen LogP contribution in [-0.2, 0) is 14.6 Å². The third-order valence-electron chi connectivity index (χ3n) is 4.44. The highest BCUT2D eigenvalue weighted by molar-refractivity contribution is 7.92. The normalized spacial score (nSPS) is 31.9. The second-order valence-corrected chi connectivity index (χ2v) is 8.61. The van der Waals surface area contributed by atoms with Gasteiger partial charge in [0, 0.05) is 19.6 Å². The van der Waals surface area contributed by atoms with Crippen molar-refractivity contribution < 1.29 is 23.1 Å². The average molecular weight is 318 g/mol. The predicted octanol–water partition coefficient (Wildman–Crippen LogP) is 0.460. The molecule has 2 heterocycles. The zero-order valence-electron chi connectivity index (χ0n) is 12.2. The highest BCUT2D eigenvalue weighted by Crippen LogP contribution is 2.29. The quantitative estimate of drug-likeness (QED) is 0.787. The van der Waals surface area contributed by atoms with Gasteiger partial charge >= 0.3 is 12.0 Å². The zero-order valence-corrected chi connectivity index (χ0v) is 13.0. The van der Waals surface area contributed by atoms with Crippen LogP contribution in [0.1, 0.15) is 32.6 Å². The molecular weight excluding hydrogens is 296 g/mol. The van der Waals surface area contributed by atoms with Gasteiger partial charge in [-0.2, -0.15) is 0 Å². The van der Waals surface area contributed by atoms with Gasteiger partial charge < -0.3 is 15.3 Å². The lowest BCUT2D eigenvalue weighted by Gasteiger charge is -2.37. The fourth-order valence-corrected chi connectivity index (χ4v) is 4.75. The van der Waals surface area contributed by atoms with Crippen LogP contribution in [0.3, 0.4) is 0 Å². The molecule has 2 aliphatic heterocycles. The topological polar surface area (TPSA) is 104 Å². The number of nitrogens with one attached hydrogen (secondary N) is 1. The molecule has 120 valence electrons. The Morgan fingerprint density at radius 3 is 2.67 bits per heavy atom. The summed E-state index contributed by atoms with van der Waals surface area (Å²) in [6, 6.07) is -0.371. The Labute approximate surface area is 124 Å². The summed E-state index contributed by atoms with van der Waals surface area (Å²) >= 11 is 0. The van der Waals surface area contributed by atoms with Crippen molar-refractivity contribution in [3.63, 3.8) is 0 Å². The molecule has 0 aliphatic carbocycles. The minimum absolute atomic E-state index is 0.113. The molecule has 2 rings (SSSR count). The predicted molar refractivity (Wildman–Crippen MR) is 76.8 cm³/mol. The number of carbonyl (C=O) groups excluding carboxylic acids is 1. The number of sulfone groups is 1. The molecular formula is C13H22N2O5S. The number of nitrogens with zero attached hydrogens (tertiary/aromatic N) is 1. The first-order valence-corrected chi connectivity index (χ1v) is 8.94. The monoisotopic (exact) mass is 318 g/mol. The van der Waals surface area contributed by atoms with Gasteiger partial charge in [-0.1, -0.05) is 0 Å². The van der Waals surface area contributed by atoms with E-state index in [1.807, 2.05) is 0 Å². The van der Waals surface area contributed by atoms with Crippen molar-refractivity contribution in [3.05, 3.63) is 0 Å². The van der Waals surface area contributed by atoms with Crippen molar-refractivity contribution in [3.8, 4) is 0 Å². The summed E-state index contributed by atoms with van der Waals surface area (Å²) in [5, 5.41) is 11.4. The first-order chi connectivity index (χ1) is 9.74. The summed E-state index contributed by atoms with van der Waals surface area (Å²) in [4.78, 5) is 24.8. The van der Waals surface area contributed by atoms with Gasteiger partial charge in [0.25, 0.3) is 0 Å². The van der Waals surface area contributed by atoms with Crippen molar-refractivity contribution >= 4 is 21.8 Å². The first-order valence-electron chi connectivity index (χ1n) is 7.22. The van der Waals surface area contributed by atoms with E-state index in [0.717, 1.165) is 0 Å². The molecule has 0 aromatic heterocycles. The lowest BCUT2D eigenvalue weighted by molar-refractivity contribution is -0.150. The molecule has 2 amide bonds. The van der Waals surface area contributed by atoms with Crippen LogP contribution in [0.5, 0.6) is 0 Å². The van der Waals surface area contributed by atoms with Gasteiger partial charge in [0.1, 0.15) is 0 Å². The molecule has 2 N–H and O–H groups in total. The van der Waals surface area contributed by atoms with Crippen LogP contribution < -0.4 is 5.32 Å². The van der Waals surface area contributed by atoms with Crippen LogP contribution in [0, 0.1) is 5.41 Å². The van der Waals surface area contributed by atoms with Crippen molar-refractivity contribution in [2.24, 2.45) is 5.41 Å². The van der Waals surface area contributed by atoms with E-state index in [1.54, 1.807) is 6.92 Å². The second kappa shape index (κ2) is 5.82. The third-order valence-corrected chi connectivity index (χ3v) is 6.72. The van der Waals surface area contributed by atoms with Crippen LogP contribution in [0.4, 0.5) is 4.79 Å². The fourth-order valence-electron chi connectivity index (χ4n) is 2.99. The Morgan fingerprint density at radius 2 is 2.10 bits per heavy atom. The van der Waals surface area contributed by atoms with Gasteiger partial charge in [0.15, 0.2) is 9.84 Å². The Hall–Kier alpha value is -1.31. The van der Waals surface area contributed by atoms with E-state index in [1.165, 1.54) is 4.90 Å². The standard InChI is InChI=1S/C13H22N2O5S/c1-13(11(16)17)5-3-6-15(9-13)12(18)14-8-10-4-2-7-21(10,19)20/h10H,2-9H2,1H3,(H,14,18)(H,16,17). The lowest BCUT2D eigenvalue weighted by Crippen LogP contribution is -2.52. The minimum atomic E-state index is -3.08. The summed E-state index contributed by atoms with van der Waals surface area (Å²) < 4.78 is 23.4. The van der Waals surface area contributed by atoms with Crippen molar-refractivity contribution in [1.29, 1.82) is 0 Å². The van der Waals surface area contributed by atoms with Gasteiger partial charge in [-0.15, -0.1) is 0 Å². The van der Waals surface area contributed by atoms with E-state index in [-0.39, 0.29) is 24.9 Å². The summed E-state index contributed by atoms with van der Waals surface area (Å²) in [5.74, 6) is -0.715. The number of rotatable bonds is 3. The van der Waals surface area contributed by atoms with Gasteiger partial charge in [-0.05, 0) is 32.6 Å². The maximum absolute atomic E-state index is 12.1. The molecule has 2 fully saturated rings. The molecule has 7 nitrogen and oxygen atoms in total. The molecule has 8 heteroatoms. The number of aliphatic carboxylic acids is 1. The van der Waals surface area contributed by atoms with E-state index >= 15 is 0 Å². The average Bonchev–Trinajstić information content (AvgIpc) is 2.75. The number of carboxylic acids is 1. The molecule has 0 saturated carbocycles. The maximum Gasteiger partial charge on any atom is 0.317 e. The van der Waals surface area contributed by atoms with E-state index in [4.69, 9.17) is 0 Å². The number of likely N-dealkylation sites (tertiary alicyclic amines) is 1. The third kappa shape index (κ3) is 3.48. The van der Waals surface area contributed by atoms with Crippen molar-refractivity contribution in [2.45, 2.75) is 37.9 Å².